The van der Waals surface area contributed by atoms with Crippen LogP contribution in [0.15, 0.2) is 0 Å². The Bertz CT molecular complexity index is 1110. The summed E-state index contributed by atoms with van der Waals surface area (Å²) in [7, 11) is 1.26. The summed E-state index contributed by atoms with van der Waals surface area (Å²) >= 11 is 0. The van der Waals surface area contributed by atoms with Crippen molar-refractivity contribution in [2.75, 3.05) is 20.3 Å². The molecule has 18 nitrogen and oxygen atoms in total. The van der Waals surface area contributed by atoms with Crippen molar-refractivity contribution in [2.24, 2.45) is 0 Å². The molecule has 2 aliphatic rings. The number of hydrogen-bond acceptors (Lipinski definition) is 17. The minimum Gasteiger partial charge on any atom is -0.463 e. The Kier molecular flexibility index (Phi) is 14.1. The molecule has 0 aromatic heterocycles. The van der Waals surface area contributed by atoms with Gasteiger partial charge in [-0.1, -0.05) is 0 Å². The first-order valence-corrected chi connectivity index (χ1v) is 13.8. The minimum absolute atomic E-state index is 0.476. The largest absolute Gasteiger partial charge is 0.463 e. The van der Waals surface area contributed by atoms with Crippen LogP contribution in [0.3, 0.4) is 0 Å². The summed E-state index contributed by atoms with van der Waals surface area (Å²) in [5.41, 5.74) is 0. The first-order chi connectivity index (χ1) is 21.0. The van der Waals surface area contributed by atoms with Crippen molar-refractivity contribution in [1.82, 2.24) is 5.32 Å². The topological polar surface area (TPSA) is 224 Å². The summed E-state index contributed by atoms with van der Waals surface area (Å²) in [4.78, 5) is 84.2. The number of methoxy groups -OCH3 is 1. The maximum absolute atomic E-state index is 12.3. The van der Waals surface area contributed by atoms with Crippen molar-refractivity contribution in [3.63, 3.8) is 0 Å². The van der Waals surface area contributed by atoms with E-state index >= 15 is 0 Å². The molecular formula is C27H39NO17. The molecule has 18 heteroatoms. The van der Waals surface area contributed by atoms with Gasteiger partial charge in [0, 0.05) is 55.6 Å². The molecule has 2 saturated heterocycles. The van der Waals surface area contributed by atoms with Gasteiger partial charge in [-0.15, -0.1) is 0 Å². The van der Waals surface area contributed by atoms with Crippen molar-refractivity contribution < 1.29 is 80.9 Å². The van der Waals surface area contributed by atoms with E-state index in [1.165, 1.54) is 14.0 Å². The van der Waals surface area contributed by atoms with Gasteiger partial charge in [-0.25, -0.2) is 0 Å². The second kappa shape index (κ2) is 17.0. The van der Waals surface area contributed by atoms with E-state index in [0.717, 1.165) is 41.5 Å². The summed E-state index contributed by atoms with van der Waals surface area (Å²) in [6.45, 7) is 6.67. The van der Waals surface area contributed by atoms with Crippen LogP contribution in [-0.2, 0) is 80.9 Å². The molecule has 45 heavy (non-hydrogen) atoms. The van der Waals surface area contributed by atoms with Gasteiger partial charge < -0.3 is 52.7 Å². The zero-order valence-electron chi connectivity index (χ0n) is 26.1. The first kappa shape index (κ1) is 37.3. The molecule has 0 aliphatic carbocycles. The predicted molar refractivity (Wildman–Crippen MR) is 142 cm³/mol. The third-order valence-electron chi connectivity index (χ3n) is 6.24. The molecule has 2 fully saturated rings. The summed E-state index contributed by atoms with van der Waals surface area (Å²) < 4.78 is 55.5. The average Bonchev–Trinajstić information content (AvgIpc) is 2.90. The number of amides is 1. The lowest BCUT2D eigenvalue weighted by atomic mass is 9.94. The van der Waals surface area contributed by atoms with Crippen molar-refractivity contribution in [3.8, 4) is 0 Å². The van der Waals surface area contributed by atoms with Crippen molar-refractivity contribution >= 4 is 41.7 Å². The molecule has 0 aromatic rings. The van der Waals surface area contributed by atoms with Gasteiger partial charge in [0.2, 0.25) is 5.91 Å². The van der Waals surface area contributed by atoms with E-state index in [2.05, 4.69) is 5.32 Å². The second-order valence-corrected chi connectivity index (χ2v) is 10.0. The molecule has 254 valence electrons. The van der Waals surface area contributed by atoms with Gasteiger partial charge in [-0.05, 0) is 0 Å². The van der Waals surface area contributed by atoms with Crippen LogP contribution in [0, 0.1) is 0 Å². The Balaban J connectivity index is 2.69. The predicted octanol–water partition coefficient (Wildman–Crippen LogP) is -1.17. The van der Waals surface area contributed by atoms with Gasteiger partial charge in [-0.3, -0.25) is 33.6 Å². The van der Waals surface area contributed by atoms with Crippen LogP contribution in [0.4, 0.5) is 0 Å². The van der Waals surface area contributed by atoms with Crippen LogP contribution in [0.25, 0.3) is 0 Å². The summed E-state index contributed by atoms with van der Waals surface area (Å²) in [5, 5.41) is 2.57. The first-order valence-electron chi connectivity index (χ1n) is 13.8. The summed E-state index contributed by atoms with van der Waals surface area (Å²) in [5.74, 6) is -5.41. The molecule has 0 bridgehead atoms. The van der Waals surface area contributed by atoms with Crippen LogP contribution in [0.2, 0.25) is 0 Å². The number of rotatable bonds is 12. The number of carbonyl (C=O) groups excluding carboxylic acids is 7. The Morgan fingerprint density at radius 2 is 0.956 bits per heavy atom. The number of esters is 6. The van der Waals surface area contributed by atoms with Crippen LogP contribution in [0.5, 0.6) is 0 Å². The molecule has 0 saturated carbocycles. The third-order valence-corrected chi connectivity index (χ3v) is 6.24. The highest BCUT2D eigenvalue weighted by Crippen LogP contribution is 2.34. The molecule has 1 N–H and O–H groups in total. The van der Waals surface area contributed by atoms with E-state index < -0.39 is 116 Å². The van der Waals surface area contributed by atoms with Crippen LogP contribution >= 0.6 is 0 Å². The molecule has 0 unspecified atom stereocenters. The van der Waals surface area contributed by atoms with Crippen LogP contribution in [0.1, 0.15) is 48.5 Å². The Labute approximate surface area is 258 Å². The zero-order chi connectivity index (χ0) is 34.0. The van der Waals surface area contributed by atoms with Gasteiger partial charge >= 0.3 is 35.8 Å². The number of hydrogen-bond donors (Lipinski definition) is 1. The molecular weight excluding hydrogens is 610 g/mol. The maximum Gasteiger partial charge on any atom is 0.303 e. The normalized spacial score (nSPS) is 31.0. The molecule has 1 amide bonds. The average molecular weight is 650 g/mol. The maximum atomic E-state index is 12.3. The Morgan fingerprint density at radius 1 is 0.533 bits per heavy atom. The fourth-order valence-corrected chi connectivity index (χ4v) is 4.78. The highest BCUT2D eigenvalue weighted by Gasteiger charge is 2.57. The Morgan fingerprint density at radius 3 is 1.40 bits per heavy atom. The fourth-order valence-electron chi connectivity index (χ4n) is 4.78. The van der Waals surface area contributed by atoms with Gasteiger partial charge in [0.1, 0.15) is 37.6 Å². The molecule has 0 spiro atoms. The highest BCUT2D eigenvalue weighted by atomic mass is 16.8. The number of nitrogens with one attached hydrogen (secondary N) is 1. The number of ether oxygens (including phenoxy) is 10. The van der Waals surface area contributed by atoms with E-state index in [9.17, 15) is 33.6 Å². The van der Waals surface area contributed by atoms with Gasteiger partial charge in [0.15, 0.2) is 37.0 Å². The Hall–Kier alpha value is -3.87. The molecule has 2 heterocycles. The van der Waals surface area contributed by atoms with Crippen molar-refractivity contribution in [1.29, 1.82) is 0 Å². The van der Waals surface area contributed by atoms with Crippen molar-refractivity contribution in [3.05, 3.63) is 0 Å². The van der Waals surface area contributed by atoms with Crippen molar-refractivity contribution in [2.45, 2.75) is 110 Å². The highest BCUT2D eigenvalue weighted by molar-refractivity contribution is 5.73. The quantitative estimate of drug-likeness (QED) is 0.194. The van der Waals surface area contributed by atoms with E-state index in [-0.39, 0.29) is 0 Å². The van der Waals surface area contributed by atoms with E-state index in [1.807, 2.05) is 0 Å². The lowest BCUT2D eigenvalue weighted by Gasteiger charge is -2.49. The van der Waals surface area contributed by atoms with Gasteiger partial charge in [0.05, 0.1) is 0 Å². The van der Waals surface area contributed by atoms with Crippen LogP contribution < -0.4 is 5.32 Å². The zero-order valence-corrected chi connectivity index (χ0v) is 26.1. The number of carbonyl (C=O) groups is 7. The summed E-state index contributed by atoms with van der Waals surface area (Å²) in [6, 6.07) is -1.19. The van der Waals surface area contributed by atoms with E-state index in [4.69, 9.17) is 47.4 Å². The van der Waals surface area contributed by atoms with E-state index in [0.29, 0.717) is 0 Å². The van der Waals surface area contributed by atoms with E-state index in [1.54, 1.807) is 0 Å². The standard InChI is InChI=1S/C27H39NO17/c1-11(29)28-20-23(40-15(5)33)21(18(9-37-12(2)30)43-26(20)36-8)45-27-25(42-17(7)35)24(41-16(6)34)22(39-14(4)32)19(44-27)10-38-13(3)31/h18-27H,9-10H2,1-8H3,(H,28,29)/t18-,19-,20-,21-,22+,23-,24+,25-,26-,27+/m1/s1. The fraction of sp³-hybridized carbons (Fsp3) is 0.741. The molecule has 0 aromatic carbocycles. The smallest absolute Gasteiger partial charge is 0.303 e. The molecule has 10 atom stereocenters. The van der Waals surface area contributed by atoms with Gasteiger partial charge in [0.25, 0.3) is 0 Å². The monoisotopic (exact) mass is 649 g/mol. The minimum atomic E-state index is -1.73. The second-order valence-electron chi connectivity index (χ2n) is 10.0. The third kappa shape index (κ3) is 11.2. The lowest BCUT2D eigenvalue weighted by Crippen LogP contribution is -2.69. The molecule has 2 aliphatic heterocycles. The van der Waals surface area contributed by atoms with Crippen LogP contribution in [-0.4, -0.2) is 123 Å². The van der Waals surface area contributed by atoms with Gasteiger partial charge in [-0.2, -0.15) is 0 Å². The molecule has 2 rings (SSSR count). The SMILES string of the molecule is CO[C@@H]1O[C@H](COC(C)=O)[C@@H](O[C@@H]2O[C@H](COC(C)=O)[C@H](OC(C)=O)[C@H](OC(C)=O)[C@H]2OC(C)=O)[C@H](OC(C)=O)[C@H]1NC(C)=O. The lowest BCUT2D eigenvalue weighted by molar-refractivity contribution is -0.349. The molecule has 0 radical (unpaired) electrons. The summed E-state index contributed by atoms with van der Waals surface area (Å²) in [6.07, 6.45) is -13.1.